The Balaban J connectivity index is 2.50. The molecule has 0 bridgehead atoms. The molecule has 0 spiro atoms. The van der Waals surface area contributed by atoms with Crippen LogP contribution in [0.1, 0.15) is 19.8 Å². The molecule has 1 aliphatic rings. The number of carboxylic acids is 1. The zero-order valence-electron chi connectivity index (χ0n) is 6.63. The molecule has 0 aromatic heterocycles. The van der Waals surface area contributed by atoms with Crippen LogP contribution in [0.2, 0.25) is 0 Å². The lowest BCUT2D eigenvalue weighted by Gasteiger charge is -2.20. The number of aliphatic carboxylic acids is 1. The summed E-state index contributed by atoms with van der Waals surface area (Å²) < 4.78 is 0. The first-order chi connectivity index (χ1) is 5.24. The van der Waals surface area contributed by atoms with Crippen LogP contribution in [0.25, 0.3) is 0 Å². The highest BCUT2D eigenvalue weighted by Crippen LogP contribution is 2.08. The van der Waals surface area contributed by atoms with Crippen LogP contribution < -0.4 is 5.32 Å². The molecular weight excluding hydrogens is 142 g/mol. The van der Waals surface area contributed by atoms with Gasteiger partial charge < -0.3 is 10.4 Å². The topological polar surface area (TPSA) is 49.3 Å². The van der Waals surface area contributed by atoms with Crippen LogP contribution in [0.3, 0.4) is 0 Å². The van der Waals surface area contributed by atoms with Crippen molar-refractivity contribution in [3.8, 4) is 0 Å². The standard InChI is InChI=1S/C8H13NO2/c1-2-7-4-3-6(5-9-7)8(10)11/h3,7,9H,2,4-5H2,1H3,(H,10,11). The third-order valence-corrected chi connectivity index (χ3v) is 2.00. The summed E-state index contributed by atoms with van der Waals surface area (Å²) in [7, 11) is 0. The smallest absolute Gasteiger partial charge is 0.332 e. The van der Waals surface area contributed by atoms with E-state index in [2.05, 4.69) is 12.2 Å². The average Bonchev–Trinajstić information content (AvgIpc) is 2.05. The number of carboxylic acid groups (broad SMARTS) is 1. The highest BCUT2D eigenvalue weighted by atomic mass is 16.4. The molecule has 11 heavy (non-hydrogen) atoms. The van der Waals surface area contributed by atoms with E-state index in [1.165, 1.54) is 0 Å². The maximum absolute atomic E-state index is 10.4. The van der Waals surface area contributed by atoms with Crippen LogP contribution in [0.4, 0.5) is 0 Å². The van der Waals surface area contributed by atoms with E-state index in [9.17, 15) is 4.79 Å². The van der Waals surface area contributed by atoms with E-state index >= 15 is 0 Å². The second kappa shape index (κ2) is 3.53. The molecule has 0 fully saturated rings. The molecule has 0 aliphatic carbocycles. The van der Waals surface area contributed by atoms with E-state index in [1.54, 1.807) is 0 Å². The molecule has 0 saturated carbocycles. The normalized spacial score (nSPS) is 24.5. The molecule has 3 heteroatoms. The Morgan fingerprint density at radius 3 is 3.00 bits per heavy atom. The molecule has 1 heterocycles. The summed E-state index contributed by atoms with van der Waals surface area (Å²) in [4.78, 5) is 10.4. The van der Waals surface area contributed by atoms with Gasteiger partial charge in [0.2, 0.25) is 0 Å². The van der Waals surface area contributed by atoms with Gasteiger partial charge in [-0.2, -0.15) is 0 Å². The monoisotopic (exact) mass is 155 g/mol. The number of rotatable bonds is 2. The van der Waals surface area contributed by atoms with Crippen molar-refractivity contribution in [3.05, 3.63) is 11.6 Å². The molecule has 0 aromatic carbocycles. The number of hydrogen-bond donors (Lipinski definition) is 2. The summed E-state index contributed by atoms with van der Waals surface area (Å²) in [6, 6.07) is 0.470. The van der Waals surface area contributed by atoms with E-state index in [4.69, 9.17) is 5.11 Å². The lowest BCUT2D eigenvalue weighted by Crippen LogP contribution is -2.34. The Bertz CT molecular complexity index is 187. The highest BCUT2D eigenvalue weighted by Gasteiger charge is 2.15. The van der Waals surface area contributed by atoms with Crippen LogP contribution in [0.5, 0.6) is 0 Å². The predicted molar refractivity (Wildman–Crippen MR) is 42.4 cm³/mol. The second-order valence-electron chi connectivity index (χ2n) is 2.76. The maximum atomic E-state index is 10.4. The van der Waals surface area contributed by atoms with Crippen LogP contribution in [0, 0.1) is 0 Å². The van der Waals surface area contributed by atoms with Gasteiger partial charge in [-0.25, -0.2) is 4.79 Å². The summed E-state index contributed by atoms with van der Waals surface area (Å²) in [5, 5.41) is 11.7. The first-order valence-electron chi connectivity index (χ1n) is 3.89. The lowest BCUT2D eigenvalue weighted by molar-refractivity contribution is -0.132. The van der Waals surface area contributed by atoms with Crippen LogP contribution in [0.15, 0.2) is 11.6 Å². The zero-order chi connectivity index (χ0) is 8.27. The Labute approximate surface area is 66.1 Å². The molecular formula is C8H13NO2. The van der Waals surface area contributed by atoms with Crippen molar-refractivity contribution in [1.82, 2.24) is 5.32 Å². The quantitative estimate of drug-likeness (QED) is 0.619. The van der Waals surface area contributed by atoms with Crippen molar-refractivity contribution >= 4 is 5.97 Å². The summed E-state index contributed by atoms with van der Waals surface area (Å²) in [6.07, 6.45) is 3.72. The molecule has 1 unspecified atom stereocenters. The number of nitrogens with one attached hydrogen (secondary N) is 1. The summed E-state index contributed by atoms with van der Waals surface area (Å²) in [5.41, 5.74) is 0.495. The van der Waals surface area contributed by atoms with Gasteiger partial charge in [-0.3, -0.25) is 0 Å². The first kappa shape index (κ1) is 8.27. The maximum Gasteiger partial charge on any atom is 0.332 e. The summed E-state index contributed by atoms with van der Waals surface area (Å²) in [5.74, 6) is -0.799. The summed E-state index contributed by atoms with van der Waals surface area (Å²) >= 11 is 0. The zero-order valence-corrected chi connectivity index (χ0v) is 6.63. The molecule has 3 nitrogen and oxygen atoms in total. The van der Waals surface area contributed by atoms with Gasteiger partial charge in [0.15, 0.2) is 0 Å². The first-order valence-corrected chi connectivity index (χ1v) is 3.89. The van der Waals surface area contributed by atoms with Crippen molar-refractivity contribution in [3.63, 3.8) is 0 Å². The van der Waals surface area contributed by atoms with Crippen molar-refractivity contribution in [2.45, 2.75) is 25.8 Å². The van der Waals surface area contributed by atoms with Crippen LogP contribution in [-0.4, -0.2) is 23.7 Å². The van der Waals surface area contributed by atoms with Crippen molar-refractivity contribution < 1.29 is 9.90 Å². The van der Waals surface area contributed by atoms with E-state index in [1.807, 2.05) is 6.08 Å². The fourth-order valence-corrected chi connectivity index (χ4v) is 1.17. The minimum absolute atomic E-state index is 0.470. The van der Waals surface area contributed by atoms with Gasteiger partial charge >= 0.3 is 5.97 Å². The largest absolute Gasteiger partial charge is 0.478 e. The minimum Gasteiger partial charge on any atom is -0.478 e. The van der Waals surface area contributed by atoms with Gasteiger partial charge in [0, 0.05) is 18.2 Å². The van der Waals surface area contributed by atoms with Gasteiger partial charge in [0.05, 0.1) is 0 Å². The molecule has 2 N–H and O–H groups in total. The molecule has 1 atom stereocenters. The molecule has 0 radical (unpaired) electrons. The van der Waals surface area contributed by atoms with E-state index in [0.29, 0.717) is 18.2 Å². The van der Waals surface area contributed by atoms with Gasteiger partial charge in [-0.15, -0.1) is 0 Å². The lowest BCUT2D eigenvalue weighted by atomic mass is 10.0. The van der Waals surface area contributed by atoms with Crippen molar-refractivity contribution in [2.24, 2.45) is 0 Å². The third-order valence-electron chi connectivity index (χ3n) is 2.00. The van der Waals surface area contributed by atoms with Crippen molar-refractivity contribution in [1.29, 1.82) is 0 Å². The number of hydrogen-bond acceptors (Lipinski definition) is 2. The second-order valence-corrected chi connectivity index (χ2v) is 2.76. The average molecular weight is 155 g/mol. The fraction of sp³-hybridized carbons (Fsp3) is 0.625. The van der Waals surface area contributed by atoms with E-state index in [-0.39, 0.29) is 0 Å². The SMILES string of the molecule is CCC1CC=C(C(=O)O)CN1. The minimum atomic E-state index is -0.799. The van der Waals surface area contributed by atoms with E-state index < -0.39 is 5.97 Å². The molecule has 1 rings (SSSR count). The summed E-state index contributed by atoms with van der Waals surface area (Å²) in [6.45, 7) is 2.60. The Hall–Kier alpha value is -0.830. The Morgan fingerprint density at radius 2 is 2.64 bits per heavy atom. The van der Waals surface area contributed by atoms with Crippen molar-refractivity contribution in [2.75, 3.05) is 6.54 Å². The van der Waals surface area contributed by atoms with Gasteiger partial charge in [-0.05, 0) is 12.8 Å². The molecule has 62 valence electrons. The van der Waals surface area contributed by atoms with Gasteiger partial charge in [0.1, 0.15) is 0 Å². The Kier molecular flexibility index (Phi) is 2.65. The molecule has 0 saturated heterocycles. The highest BCUT2D eigenvalue weighted by molar-refractivity contribution is 5.87. The number of carbonyl (C=O) groups is 1. The fourth-order valence-electron chi connectivity index (χ4n) is 1.17. The van der Waals surface area contributed by atoms with Crippen LogP contribution in [-0.2, 0) is 4.79 Å². The third kappa shape index (κ3) is 2.05. The van der Waals surface area contributed by atoms with Crippen LogP contribution >= 0.6 is 0 Å². The molecule has 0 amide bonds. The predicted octanol–water partition coefficient (Wildman–Crippen LogP) is 0.769. The van der Waals surface area contributed by atoms with Gasteiger partial charge in [-0.1, -0.05) is 13.0 Å². The Morgan fingerprint density at radius 1 is 1.91 bits per heavy atom. The molecule has 1 aliphatic heterocycles. The van der Waals surface area contributed by atoms with E-state index in [0.717, 1.165) is 12.8 Å². The van der Waals surface area contributed by atoms with Gasteiger partial charge in [0.25, 0.3) is 0 Å². The molecule has 0 aromatic rings.